The van der Waals surface area contributed by atoms with E-state index in [2.05, 4.69) is 5.32 Å². The van der Waals surface area contributed by atoms with E-state index in [4.69, 9.17) is 11.6 Å². The van der Waals surface area contributed by atoms with E-state index in [0.717, 1.165) is 0 Å². The van der Waals surface area contributed by atoms with E-state index in [1.807, 2.05) is 6.92 Å². The first-order valence-electron chi connectivity index (χ1n) is 5.67. The number of nitrogens with one attached hydrogen (secondary N) is 1. The molecule has 0 fully saturated rings. The Bertz CT molecular complexity index is 505. The first-order chi connectivity index (χ1) is 8.33. The average molecular weight is 294 g/mol. The molecule has 102 valence electrons. The van der Waals surface area contributed by atoms with Crippen molar-refractivity contribution in [3.8, 4) is 0 Å². The van der Waals surface area contributed by atoms with Crippen molar-refractivity contribution in [2.75, 3.05) is 18.6 Å². The van der Waals surface area contributed by atoms with Gasteiger partial charge in [0, 0.05) is 12.3 Å². The summed E-state index contributed by atoms with van der Waals surface area (Å²) in [5, 5.41) is 3.10. The molecule has 0 bridgehead atoms. The smallest absolute Gasteiger partial charge is 0.148 e. The van der Waals surface area contributed by atoms with Gasteiger partial charge in [-0.3, -0.25) is 0 Å². The third-order valence-electron chi connectivity index (χ3n) is 2.49. The second kappa shape index (κ2) is 6.50. The maximum absolute atomic E-state index is 13.7. The Hall–Kier alpha value is -0.650. The highest BCUT2D eigenvalue weighted by molar-refractivity contribution is 7.90. The van der Waals surface area contributed by atoms with Crippen LogP contribution >= 0.6 is 11.6 Å². The molecule has 0 aromatic heterocycles. The number of hydrogen-bond donors (Lipinski definition) is 1. The summed E-state index contributed by atoms with van der Waals surface area (Å²) in [7, 11) is -3.11. The quantitative estimate of drug-likeness (QED) is 0.873. The van der Waals surface area contributed by atoms with Gasteiger partial charge in [-0.25, -0.2) is 12.8 Å². The third kappa shape index (κ3) is 4.92. The molecular formula is C12H17ClFNO2S. The van der Waals surface area contributed by atoms with Gasteiger partial charge in [-0.2, -0.15) is 0 Å². The number of hydrogen-bond acceptors (Lipinski definition) is 3. The van der Waals surface area contributed by atoms with Crippen molar-refractivity contribution in [2.45, 2.75) is 19.4 Å². The molecule has 6 heteroatoms. The van der Waals surface area contributed by atoms with Crippen LogP contribution in [-0.4, -0.2) is 33.0 Å². The van der Waals surface area contributed by atoms with Crippen molar-refractivity contribution < 1.29 is 12.8 Å². The zero-order valence-corrected chi connectivity index (χ0v) is 12.0. The molecule has 0 heterocycles. The maximum Gasteiger partial charge on any atom is 0.148 e. The minimum absolute atomic E-state index is 0.0210. The summed E-state index contributed by atoms with van der Waals surface area (Å²) in [5.74, 6) is -0.497. The van der Waals surface area contributed by atoms with Crippen LogP contribution in [0.25, 0.3) is 0 Å². The Balaban J connectivity index is 2.86. The van der Waals surface area contributed by atoms with Crippen LogP contribution in [0.15, 0.2) is 18.2 Å². The minimum Gasteiger partial charge on any atom is -0.313 e. The fourth-order valence-corrected chi connectivity index (χ4v) is 2.98. The number of halogens is 2. The maximum atomic E-state index is 13.7. The van der Waals surface area contributed by atoms with Gasteiger partial charge in [0.25, 0.3) is 0 Å². The monoisotopic (exact) mass is 293 g/mol. The largest absolute Gasteiger partial charge is 0.313 e. The minimum atomic E-state index is -3.11. The highest BCUT2D eigenvalue weighted by Crippen LogP contribution is 2.19. The number of benzene rings is 1. The van der Waals surface area contributed by atoms with Crippen LogP contribution in [0.5, 0.6) is 0 Å². The summed E-state index contributed by atoms with van der Waals surface area (Å²) in [6.45, 7) is 2.51. The fourth-order valence-electron chi connectivity index (χ4n) is 1.82. The van der Waals surface area contributed by atoms with Crippen LogP contribution in [0.4, 0.5) is 4.39 Å². The van der Waals surface area contributed by atoms with E-state index >= 15 is 0 Å². The first-order valence-corrected chi connectivity index (χ1v) is 8.11. The van der Waals surface area contributed by atoms with Gasteiger partial charge in [0.1, 0.15) is 15.7 Å². The molecule has 1 aromatic rings. The summed E-state index contributed by atoms with van der Waals surface area (Å²) in [4.78, 5) is 0. The van der Waals surface area contributed by atoms with Crippen molar-refractivity contribution >= 4 is 21.4 Å². The third-order valence-corrected chi connectivity index (χ3v) is 3.79. The molecule has 1 atom stereocenters. The topological polar surface area (TPSA) is 46.2 Å². The Morgan fingerprint density at radius 1 is 1.44 bits per heavy atom. The zero-order valence-electron chi connectivity index (χ0n) is 10.4. The van der Waals surface area contributed by atoms with Crippen molar-refractivity contribution in [1.29, 1.82) is 0 Å². The summed E-state index contributed by atoms with van der Waals surface area (Å²) in [6.07, 6.45) is 1.47. The van der Waals surface area contributed by atoms with Crippen LogP contribution in [-0.2, 0) is 16.3 Å². The van der Waals surface area contributed by atoms with Crippen molar-refractivity contribution in [2.24, 2.45) is 0 Å². The molecule has 0 spiro atoms. The van der Waals surface area contributed by atoms with Crippen LogP contribution in [0.1, 0.15) is 12.5 Å². The second-order valence-electron chi connectivity index (χ2n) is 4.26. The van der Waals surface area contributed by atoms with E-state index in [1.54, 1.807) is 12.1 Å². The molecule has 0 aliphatic carbocycles. The fraction of sp³-hybridized carbons (Fsp3) is 0.500. The number of sulfone groups is 1. The Labute approximate surface area is 112 Å². The number of rotatable bonds is 6. The lowest BCUT2D eigenvalue weighted by molar-refractivity contribution is 0.529. The molecule has 1 unspecified atom stereocenters. The lowest BCUT2D eigenvalue weighted by Gasteiger charge is -2.17. The van der Waals surface area contributed by atoms with Crippen molar-refractivity contribution in [3.05, 3.63) is 34.6 Å². The van der Waals surface area contributed by atoms with Crippen molar-refractivity contribution in [3.63, 3.8) is 0 Å². The lowest BCUT2D eigenvalue weighted by atomic mass is 10.1. The predicted molar refractivity (Wildman–Crippen MR) is 72.3 cm³/mol. The first kappa shape index (κ1) is 15.4. The molecule has 0 radical (unpaired) electrons. The Morgan fingerprint density at radius 3 is 2.67 bits per heavy atom. The van der Waals surface area contributed by atoms with Gasteiger partial charge in [0.2, 0.25) is 0 Å². The number of likely N-dealkylation sites (N-methyl/N-ethyl adjacent to an activating group) is 1. The molecule has 1 rings (SSSR count). The zero-order chi connectivity index (χ0) is 13.8. The Morgan fingerprint density at radius 2 is 2.11 bits per heavy atom. The van der Waals surface area contributed by atoms with Gasteiger partial charge in [0.15, 0.2) is 0 Å². The van der Waals surface area contributed by atoms with Crippen LogP contribution < -0.4 is 5.32 Å². The summed E-state index contributed by atoms with van der Waals surface area (Å²) in [5.41, 5.74) is 0.428. The standard InChI is InChI=1S/C12H17ClFNO2S/c1-3-15-10(8-18(2,16)17)7-9-5-4-6-11(13)12(9)14/h4-6,10,15H,3,7-8H2,1-2H3. The molecule has 0 saturated heterocycles. The summed E-state index contributed by atoms with van der Waals surface area (Å²) < 4.78 is 36.3. The van der Waals surface area contributed by atoms with Gasteiger partial charge in [-0.1, -0.05) is 30.7 Å². The lowest BCUT2D eigenvalue weighted by Crippen LogP contribution is -2.37. The summed E-state index contributed by atoms with van der Waals surface area (Å²) in [6, 6.07) is 4.44. The van der Waals surface area contributed by atoms with Crippen LogP contribution in [0.2, 0.25) is 5.02 Å². The molecule has 0 amide bonds. The van der Waals surface area contributed by atoms with Gasteiger partial charge >= 0.3 is 0 Å². The molecule has 0 aliphatic rings. The molecule has 1 N–H and O–H groups in total. The van der Waals surface area contributed by atoms with E-state index in [-0.39, 0.29) is 16.8 Å². The van der Waals surface area contributed by atoms with E-state index < -0.39 is 15.7 Å². The van der Waals surface area contributed by atoms with E-state index in [9.17, 15) is 12.8 Å². The van der Waals surface area contributed by atoms with Crippen molar-refractivity contribution in [1.82, 2.24) is 5.32 Å². The Kier molecular flexibility index (Phi) is 5.56. The predicted octanol–water partition coefficient (Wildman–Crippen LogP) is 2.04. The van der Waals surface area contributed by atoms with Crippen LogP contribution in [0, 0.1) is 5.82 Å². The molecule has 1 aromatic carbocycles. The average Bonchev–Trinajstić information content (AvgIpc) is 2.23. The molecule has 3 nitrogen and oxygen atoms in total. The molecule has 0 saturated carbocycles. The van der Waals surface area contributed by atoms with Crippen LogP contribution in [0.3, 0.4) is 0 Å². The highest BCUT2D eigenvalue weighted by atomic mass is 35.5. The summed E-state index contributed by atoms with van der Waals surface area (Å²) >= 11 is 5.69. The molecule has 18 heavy (non-hydrogen) atoms. The van der Waals surface area contributed by atoms with Gasteiger partial charge < -0.3 is 5.32 Å². The molecular weight excluding hydrogens is 277 g/mol. The van der Waals surface area contributed by atoms with E-state index in [0.29, 0.717) is 18.5 Å². The normalized spacial score (nSPS) is 13.6. The van der Waals surface area contributed by atoms with E-state index in [1.165, 1.54) is 12.3 Å². The second-order valence-corrected chi connectivity index (χ2v) is 6.86. The van der Waals surface area contributed by atoms with Gasteiger partial charge in [-0.05, 0) is 24.6 Å². The van der Waals surface area contributed by atoms with Gasteiger partial charge in [-0.15, -0.1) is 0 Å². The highest BCUT2D eigenvalue weighted by Gasteiger charge is 2.17. The van der Waals surface area contributed by atoms with Gasteiger partial charge in [0.05, 0.1) is 10.8 Å². The molecule has 0 aliphatic heterocycles. The SMILES string of the molecule is CCNC(Cc1cccc(Cl)c1F)CS(C)(=O)=O.